The normalized spacial score (nSPS) is 20.5. The summed E-state index contributed by atoms with van der Waals surface area (Å²) in [4.78, 5) is 6.90. The Morgan fingerprint density at radius 3 is 2.78 bits per heavy atom. The fourth-order valence-electron chi connectivity index (χ4n) is 3.33. The van der Waals surface area contributed by atoms with Crippen LogP contribution in [-0.2, 0) is 0 Å². The van der Waals surface area contributed by atoms with Gasteiger partial charge >= 0.3 is 0 Å². The van der Waals surface area contributed by atoms with E-state index in [1.165, 1.54) is 24.9 Å². The first-order chi connectivity index (χ1) is 11.2. The third-order valence-corrected chi connectivity index (χ3v) is 4.87. The molecule has 1 aromatic carbocycles. The number of likely N-dealkylation sites (tertiary alicyclic amines) is 1. The lowest BCUT2D eigenvalue weighted by atomic mass is 9.98. The van der Waals surface area contributed by atoms with Crippen LogP contribution in [0.1, 0.15) is 44.6 Å². The topological polar surface area (TPSA) is 39.7 Å². The third-order valence-electron chi connectivity index (χ3n) is 4.87. The van der Waals surface area contributed by atoms with Crippen molar-refractivity contribution in [2.45, 2.75) is 45.1 Å². The number of likely N-dealkylation sites (N-methyl/N-ethyl adjacent to an activating group) is 1. The summed E-state index contributed by atoms with van der Waals surface area (Å²) >= 11 is 0. The monoisotopic (exact) mass is 316 g/mol. The zero-order chi connectivity index (χ0) is 16.5. The van der Waals surface area contributed by atoms with Crippen molar-refractivity contribution in [2.75, 3.05) is 33.2 Å². The number of hydrogen-bond donors (Lipinski definition) is 2. The largest absolute Gasteiger partial charge is 0.356 e. The van der Waals surface area contributed by atoms with Gasteiger partial charge in [0.1, 0.15) is 0 Å². The molecule has 2 rings (SSSR count). The lowest BCUT2D eigenvalue weighted by molar-refractivity contribution is 0.267. The van der Waals surface area contributed by atoms with E-state index in [4.69, 9.17) is 0 Å². The van der Waals surface area contributed by atoms with Gasteiger partial charge in [-0.2, -0.15) is 0 Å². The van der Waals surface area contributed by atoms with Crippen LogP contribution < -0.4 is 10.6 Å². The number of guanidine groups is 1. The van der Waals surface area contributed by atoms with Gasteiger partial charge < -0.3 is 10.6 Å². The van der Waals surface area contributed by atoms with E-state index in [2.05, 4.69) is 64.7 Å². The Bertz CT molecular complexity index is 472. The summed E-state index contributed by atoms with van der Waals surface area (Å²) < 4.78 is 0. The molecule has 23 heavy (non-hydrogen) atoms. The number of hydrogen-bond acceptors (Lipinski definition) is 2. The summed E-state index contributed by atoms with van der Waals surface area (Å²) in [7, 11) is 1.85. The van der Waals surface area contributed by atoms with Crippen molar-refractivity contribution in [3.8, 4) is 0 Å². The van der Waals surface area contributed by atoms with Gasteiger partial charge in [0.15, 0.2) is 5.96 Å². The number of rotatable bonds is 7. The zero-order valence-corrected chi connectivity index (χ0v) is 14.9. The third kappa shape index (κ3) is 5.54. The molecule has 0 amide bonds. The second-order valence-corrected chi connectivity index (χ2v) is 6.40. The Balaban J connectivity index is 1.69. The van der Waals surface area contributed by atoms with E-state index < -0.39 is 0 Å². The van der Waals surface area contributed by atoms with Crippen molar-refractivity contribution >= 4 is 5.96 Å². The molecule has 2 unspecified atom stereocenters. The molecule has 1 fully saturated rings. The molecule has 0 bridgehead atoms. The fraction of sp³-hybridized carbons (Fsp3) is 0.632. The number of nitrogens with zero attached hydrogens (tertiary/aromatic N) is 2. The van der Waals surface area contributed by atoms with Crippen LogP contribution in [-0.4, -0.2) is 50.1 Å². The smallest absolute Gasteiger partial charge is 0.191 e. The van der Waals surface area contributed by atoms with E-state index >= 15 is 0 Å². The molecular formula is C19H32N4. The number of nitrogens with one attached hydrogen (secondary N) is 2. The Labute approximate surface area is 141 Å². The van der Waals surface area contributed by atoms with Crippen LogP contribution in [0.3, 0.4) is 0 Å². The second kappa shape index (κ2) is 9.56. The molecule has 0 aromatic heterocycles. The molecular weight excluding hydrogens is 284 g/mol. The summed E-state index contributed by atoms with van der Waals surface area (Å²) in [5.74, 6) is 1.49. The summed E-state index contributed by atoms with van der Waals surface area (Å²) in [6.45, 7) is 8.84. The highest BCUT2D eigenvalue weighted by molar-refractivity contribution is 5.79. The maximum atomic E-state index is 4.35. The summed E-state index contributed by atoms with van der Waals surface area (Å²) in [6, 6.07) is 11.4. The molecule has 0 saturated carbocycles. The van der Waals surface area contributed by atoms with Crippen LogP contribution in [0.4, 0.5) is 0 Å². The van der Waals surface area contributed by atoms with Gasteiger partial charge in [-0.1, -0.05) is 44.2 Å². The van der Waals surface area contributed by atoms with Crippen LogP contribution in [0.25, 0.3) is 0 Å². The first-order valence-electron chi connectivity index (χ1n) is 8.98. The fourth-order valence-corrected chi connectivity index (χ4v) is 3.33. The van der Waals surface area contributed by atoms with Crippen molar-refractivity contribution in [3.63, 3.8) is 0 Å². The highest BCUT2D eigenvalue weighted by Crippen LogP contribution is 2.17. The van der Waals surface area contributed by atoms with Crippen molar-refractivity contribution in [2.24, 2.45) is 4.99 Å². The molecule has 0 spiro atoms. The van der Waals surface area contributed by atoms with E-state index in [9.17, 15) is 0 Å². The van der Waals surface area contributed by atoms with Gasteiger partial charge in [-0.15, -0.1) is 0 Å². The minimum absolute atomic E-state index is 0.562. The van der Waals surface area contributed by atoms with Gasteiger partial charge in [-0.05, 0) is 43.8 Å². The molecule has 2 N–H and O–H groups in total. The van der Waals surface area contributed by atoms with Crippen LogP contribution in [0.2, 0.25) is 0 Å². The Kier molecular flexibility index (Phi) is 7.40. The average molecular weight is 316 g/mol. The Morgan fingerprint density at radius 1 is 1.30 bits per heavy atom. The minimum atomic E-state index is 0.562. The SMILES string of the molecule is CCN1CCCC1CNC(=NC)NCCC(C)c1ccccc1. The maximum Gasteiger partial charge on any atom is 0.191 e. The molecule has 2 atom stereocenters. The van der Waals surface area contributed by atoms with Gasteiger partial charge in [0.2, 0.25) is 0 Å². The lowest BCUT2D eigenvalue weighted by Crippen LogP contribution is -2.45. The maximum absolute atomic E-state index is 4.35. The van der Waals surface area contributed by atoms with Crippen molar-refractivity contribution < 1.29 is 0 Å². The summed E-state index contributed by atoms with van der Waals surface area (Å²) in [6.07, 6.45) is 3.72. The molecule has 1 saturated heterocycles. The van der Waals surface area contributed by atoms with Crippen LogP contribution in [0.15, 0.2) is 35.3 Å². The van der Waals surface area contributed by atoms with E-state index in [1.807, 2.05) is 7.05 Å². The van der Waals surface area contributed by atoms with Crippen LogP contribution in [0, 0.1) is 0 Å². The lowest BCUT2D eigenvalue weighted by Gasteiger charge is -2.24. The summed E-state index contributed by atoms with van der Waals surface area (Å²) in [5, 5.41) is 6.93. The highest BCUT2D eigenvalue weighted by Gasteiger charge is 2.22. The molecule has 0 radical (unpaired) electrons. The molecule has 1 heterocycles. The van der Waals surface area contributed by atoms with Gasteiger partial charge in [-0.3, -0.25) is 9.89 Å². The predicted octanol–water partition coefficient (Wildman–Crippen LogP) is 2.83. The van der Waals surface area contributed by atoms with E-state index in [0.717, 1.165) is 32.0 Å². The second-order valence-electron chi connectivity index (χ2n) is 6.40. The highest BCUT2D eigenvalue weighted by atomic mass is 15.2. The van der Waals surface area contributed by atoms with E-state index in [-0.39, 0.29) is 0 Å². The molecule has 4 heteroatoms. The zero-order valence-electron chi connectivity index (χ0n) is 14.9. The van der Waals surface area contributed by atoms with Crippen LogP contribution in [0.5, 0.6) is 0 Å². The van der Waals surface area contributed by atoms with E-state index in [1.54, 1.807) is 0 Å². The first-order valence-corrected chi connectivity index (χ1v) is 8.98. The van der Waals surface area contributed by atoms with Crippen molar-refractivity contribution in [1.29, 1.82) is 0 Å². The average Bonchev–Trinajstić information content (AvgIpc) is 3.06. The van der Waals surface area contributed by atoms with Gasteiger partial charge in [0, 0.05) is 26.2 Å². The van der Waals surface area contributed by atoms with Crippen molar-refractivity contribution in [3.05, 3.63) is 35.9 Å². The molecule has 0 aliphatic carbocycles. The quantitative estimate of drug-likeness (QED) is 0.600. The standard InChI is InChI=1S/C19H32N4/c1-4-23-14-8-11-18(23)15-22-19(20-3)21-13-12-16(2)17-9-6-5-7-10-17/h5-7,9-10,16,18H,4,8,11-15H2,1-3H3,(H2,20,21,22). The van der Waals surface area contributed by atoms with Gasteiger partial charge in [0.25, 0.3) is 0 Å². The first kappa shape index (κ1) is 17.8. The molecule has 128 valence electrons. The number of aliphatic imine (C=N–C) groups is 1. The predicted molar refractivity (Wildman–Crippen MR) is 99.1 cm³/mol. The molecule has 1 aliphatic heterocycles. The Morgan fingerprint density at radius 2 is 2.09 bits per heavy atom. The minimum Gasteiger partial charge on any atom is -0.356 e. The van der Waals surface area contributed by atoms with Gasteiger partial charge in [-0.25, -0.2) is 0 Å². The van der Waals surface area contributed by atoms with Gasteiger partial charge in [0.05, 0.1) is 0 Å². The molecule has 1 aliphatic rings. The van der Waals surface area contributed by atoms with Crippen LogP contribution >= 0.6 is 0 Å². The number of benzene rings is 1. The molecule has 4 nitrogen and oxygen atoms in total. The Hall–Kier alpha value is -1.55. The summed E-state index contributed by atoms with van der Waals surface area (Å²) in [5.41, 5.74) is 1.40. The van der Waals surface area contributed by atoms with E-state index in [0.29, 0.717) is 12.0 Å². The van der Waals surface area contributed by atoms with Crippen molar-refractivity contribution in [1.82, 2.24) is 15.5 Å². The molecule has 1 aromatic rings.